The highest BCUT2D eigenvalue weighted by Gasteiger charge is 2.51. The van der Waals surface area contributed by atoms with Crippen molar-refractivity contribution in [2.24, 2.45) is 23.2 Å². The molecule has 4 saturated carbocycles. The first-order valence-corrected chi connectivity index (χ1v) is 5.91. The van der Waals surface area contributed by atoms with E-state index in [0.717, 1.165) is 37.0 Å². The molecule has 2 unspecified atom stereocenters. The zero-order valence-corrected chi connectivity index (χ0v) is 8.54. The minimum Gasteiger partial charge on any atom is -0.481 e. The molecule has 0 radical (unpaired) electrons. The topological polar surface area (TPSA) is 37.3 Å². The van der Waals surface area contributed by atoms with Crippen molar-refractivity contribution in [2.75, 3.05) is 0 Å². The molecule has 4 rings (SSSR count). The molecule has 4 fully saturated rings. The van der Waals surface area contributed by atoms with Gasteiger partial charge in [-0.2, -0.15) is 0 Å². The Labute approximate surface area is 84.7 Å². The standard InChI is InChI=1S/C12H18O2/c13-11(14)12-2-1-8-3-9(6-12)5-10(4-8)7-12/h8-10H,1-7H2,(H,13,14). The SMILES string of the molecule is O=C(O)C12CCC3CC(CC(C3)C1)C2. The summed E-state index contributed by atoms with van der Waals surface area (Å²) in [5, 5.41) is 9.40. The van der Waals surface area contributed by atoms with Crippen LogP contribution < -0.4 is 0 Å². The van der Waals surface area contributed by atoms with E-state index < -0.39 is 5.97 Å². The highest BCUT2D eigenvalue weighted by molar-refractivity contribution is 5.75. The third-order valence-corrected chi connectivity index (χ3v) is 4.84. The van der Waals surface area contributed by atoms with Gasteiger partial charge in [0, 0.05) is 0 Å². The fourth-order valence-electron chi connectivity index (χ4n) is 4.43. The van der Waals surface area contributed by atoms with Gasteiger partial charge in [0.05, 0.1) is 5.41 Å². The van der Waals surface area contributed by atoms with Crippen molar-refractivity contribution in [2.45, 2.75) is 44.9 Å². The van der Waals surface area contributed by atoms with Crippen LogP contribution in [0.5, 0.6) is 0 Å². The lowest BCUT2D eigenvalue weighted by atomic mass is 9.61. The quantitative estimate of drug-likeness (QED) is 0.696. The fraction of sp³-hybridized carbons (Fsp3) is 0.917. The van der Waals surface area contributed by atoms with Crippen molar-refractivity contribution in [3.8, 4) is 0 Å². The number of fused-ring (bicyclic) bond motifs is 1. The van der Waals surface area contributed by atoms with Crippen LogP contribution in [-0.4, -0.2) is 11.1 Å². The van der Waals surface area contributed by atoms with Crippen LogP contribution in [0.25, 0.3) is 0 Å². The van der Waals surface area contributed by atoms with Gasteiger partial charge in [-0.15, -0.1) is 0 Å². The van der Waals surface area contributed by atoms with Crippen LogP contribution in [0.15, 0.2) is 0 Å². The third kappa shape index (κ3) is 1.12. The van der Waals surface area contributed by atoms with Crippen LogP contribution in [0, 0.1) is 23.2 Å². The Balaban J connectivity index is 1.97. The molecule has 14 heavy (non-hydrogen) atoms. The molecule has 2 heteroatoms. The van der Waals surface area contributed by atoms with Gasteiger partial charge < -0.3 is 5.11 Å². The first kappa shape index (κ1) is 8.75. The van der Waals surface area contributed by atoms with Gasteiger partial charge in [-0.3, -0.25) is 4.79 Å². The molecule has 78 valence electrons. The van der Waals surface area contributed by atoms with Crippen molar-refractivity contribution >= 4 is 5.97 Å². The molecule has 2 nitrogen and oxygen atoms in total. The summed E-state index contributed by atoms with van der Waals surface area (Å²) in [7, 11) is 0. The molecule has 4 aliphatic rings. The van der Waals surface area contributed by atoms with Crippen LogP contribution in [0.2, 0.25) is 0 Å². The third-order valence-electron chi connectivity index (χ3n) is 4.84. The van der Waals surface area contributed by atoms with Gasteiger partial charge in [-0.1, -0.05) is 0 Å². The summed E-state index contributed by atoms with van der Waals surface area (Å²) in [6.45, 7) is 0. The molecule has 0 aromatic heterocycles. The van der Waals surface area contributed by atoms with Crippen molar-refractivity contribution in [1.29, 1.82) is 0 Å². The Morgan fingerprint density at radius 1 is 1.07 bits per heavy atom. The number of hydrogen-bond donors (Lipinski definition) is 1. The fourth-order valence-corrected chi connectivity index (χ4v) is 4.43. The average molecular weight is 194 g/mol. The highest BCUT2D eigenvalue weighted by atomic mass is 16.4. The molecule has 0 spiro atoms. The highest BCUT2D eigenvalue weighted by Crippen LogP contribution is 2.57. The number of aliphatic carboxylic acids is 1. The average Bonchev–Trinajstić information content (AvgIpc) is 2.31. The zero-order chi connectivity index (χ0) is 9.76. The smallest absolute Gasteiger partial charge is 0.309 e. The van der Waals surface area contributed by atoms with E-state index in [1.54, 1.807) is 0 Å². The van der Waals surface area contributed by atoms with E-state index in [1.165, 1.54) is 25.7 Å². The Morgan fingerprint density at radius 2 is 1.64 bits per heavy atom. The summed E-state index contributed by atoms with van der Waals surface area (Å²) in [4.78, 5) is 11.4. The van der Waals surface area contributed by atoms with Crippen molar-refractivity contribution in [3.63, 3.8) is 0 Å². The van der Waals surface area contributed by atoms with Crippen LogP contribution in [0.1, 0.15) is 44.9 Å². The van der Waals surface area contributed by atoms with Crippen LogP contribution >= 0.6 is 0 Å². The van der Waals surface area contributed by atoms with E-state index in [4.69, 9.17) is 0 Å². The molecule has 0 aromatic carbocycles. The van der Waals surface area contributed by atoms with Gasteiger partial charge in [-0.25, -0.2) is 0 Å². The van der Waals surface area contributed by atoms with E-state index in [2.05, 4.69) is 0 Å². The lowest BCUT2D eigenvalue weighted by Crippen LogP contribution is -2.39. The van der Waals surface area contributed by atoms with Crippen LogP contribution in [0.3, 0.4) is 0 Å². The van der Waals surface area contributed by atoms with E-state index in [1.807, 2.05) is 0 Å². The molecule has 0 heterocycles. The molecule has 0 saturated heterocycles. The Hall–Kier alpha value is -0.530. The summed E-state index contributed by atoms with van der Waals surface area (Å²) >= 11 is 0. The minimum atomic E-state index is -0.505. The predicted octanol–water partition coefficient (Wildman–Crippen LogP) is 2.68. The van der Waals surface area contributed by atoms with Gasteiger partial charge in [-0.05, 0) is 62.7 Å². The second-order valence-electron chi connectivity index (χ2n) is 5.84. The van der Waals surface area contributed by atoms with Gasteiger partial charge >= 0.3 is 5.97 Å². The van der Waals surface area contributed by atoms with Crippen LogP contribution in [-0.2, 0) is 4.79 Å². The number of carboxylic acids is 1. The normalized spacial score (nSPS) is 50.4. The zero-order valence-electron chi connectivity index (χ0n) is 8.54. The van der Waals surface area contributed by atoms with Crippen molar-refractivity contribution < 1.29 is 9.90 Å². The molecule has 0 aliphatic heterocycles. The van der Waals surface area contributed by atoms with Gasteiger partial charge in [0.25, 0.3) is 0 Å². The van der Waals surface area contributed by atoms with Crippen molar-refractivity contribution in [1.82, 2.24) is 0 Å². The van der Waals surface area contributed by atoms with E-state index in [-0.39, 0.29) is 5.41 Å². The molecule has 0 aromatic rings. The molecule has 4 aliphatic carbocycles. The maximum Gasteiger partial charge on any atom is 0.309 e. The van der Waals surface area contributed by atoms with Gasteiger partial charge in [0.15, 0.2) is 0 Å². The summed E-state index contributed by atoms with van der Waals surface area (Å²) in [6.07, 6.45) is 8.08. The lowest BCUT2D eigenvalue weighted by Gasteiger charge is -2.42. The summed E-state index contributed by atoms with van der Waals surface area (Å²) in [5.74, 6) is 1.84. The monoisotopic (exact) mass is 194 g/mol. The van der Waals surface area contributed by atoms with E-state index in [0.29, 0.717) is 0 Å². The molecule has 0 amide bonds. The summed E-state index contributed by atoms with van der Waals surface area (Å²) in [6, 6.07) is 0. The molecule has 4 bridgehead atoms. The second-order valence-corrected chi connectivity index (χ2v) is 5.84. The number of hydrogen-bond acceptors (Lipinski definition) is 1. The second kappa shape index (κ2) is 2.74. The minimum absolute atomic E-state index is 0.307. The molecule has 2 atom stereocenters. The van der Waals surface area contributed by atoms with Crippen LogP contribution in [0.4, 0.5) is 0 Å². The summed E-state index contributed by atoms with van der Waals surface area (Å²) in [5.41, 5.74) is -0.307. The lowest BCUT2D eigenvalue weighted by molar-refractivity contribution is -0.153. The Morgan fingerprint density at radius 3 is 2.21 bits per heavy atom. The molecular formula is C12H18O2. The molecule has 1 N–H and O–H groups in total. The number of carboxylic acid groups (broad SMARTS) is 1. The van der Waals surface area contributed by atoms with E-state index >= 15 is 0 Å². The maximum absolute atomic E-state index is 11.4. The van der Waals surface area contributed by atoms with Gasteiger partial charge in [0.1, 0.15) is 0 Å². The Kier molecular flexibility index (Phi) is 1.71. The molecular weight excluding hydrogens is 176 g/mol. The largest absolute Gasteiger partial charge is 0.481 e. The van der Waals surface area contributed by atoms with Gasteiger partial charge in [0.2, 0.25) is 0 Å². The predicted molar refractivity (Wildman–Crippen MR) is 52.9 cm³/mol. The van der Waals surface area contributed by atoms with Crippen molar-refractivity contribution in [3.05, 3.63) is 0 Å². The number of rotatable bonds is 1. The number of carbonyl (C=O) groups is 1. The Bertz CT molecular complexity index is 257. The maximum atomic E-state index is 11.4. The first-order valence-electron chi connectivity index (χ1n) is 5.91. The first-order chi connectivity index (χ1) is 6.68. The van der Waals surface area contributed by atoms with E-state index in [9.17, 15) is 9.90 Å². The summed E-state index contributed by atoms with van der Waals surface area (Å²) < 4.78 is 0.